The molecule has 3 rings (SSSR count). The fraction of sp³-hybridized carbons (Fsp3) is 0.217. The lowest BCUT2D eigenvalue weighted by Crippen LogP contribution is -2.50. The molecule has 1 atom stereocenters. The molecule has 0 fully saturated rings. The van der Waals surface area contributed by atoms with Gasteiger partial charge in [-0.2, -0.15) is 4.37 Å². The van der Waals surface area contributed by atoms with Crippen LogP contribution >= 0.6 is 11.5 Å². The Bertz CT molecular complexity index is 1150. The first-order chi connectivity index (χ1) is 15.8. The molecule has 5 N–H and O–H groups in total. The van der Waals surface area contributed by atoms with Crippen molar-refractivity contribution in [3.63, 3.8) is 0 Å². The molecular weight excluding hydrogens is 445 g/mol. The van der Waals surface area contributed by atoms with Crippen LogP contribution in [0.1, 0.15) is 45.5 Å². The maximum atomic E-state index is 14.8. The number of nitrogen functional groups attached to an aromatic ring is 1. The van der Waals surface area contributed by atoms with Crippen LogP contribution in [0.4, 0.5) is 15.8 Å². The lowest BCUT2D eigenvalue weighted by atomic mass is 10.1. The first kappa shape index (κ1) is 23.9. The summed E-state index contributed by atoms with van der Waals surface area (Å²) in [6.45, 7) is 2.10. The molecule has 0 saturated carbocycles. The first-order valence-corrected chi connectivity index (χ1v) is 11.1. The van der Waals surface area contributed by atoms with E-state index in [0.717, 1.165) is 10.5 Å². The molecule has 3 aromatic rings. The minimum Gasteiger partial charge on any atom is -0.395 e. The molecule has 10 heteroatoms. The second kappa shape index (κ2) is 10.7. The summed E-state index contributed by atoms with van der Waals surface area (Å²) in [7, 11) is 0. The van der Waals surface area contributed by atoms with Crippen molar-refractivity contribution >= 4 is 40.6 Å². The van der Waals surface area contributed by atoms with Gasteiger partial charge in [0.2, 0.25) is 5.91 Å². The van der Waals surface area contributed by atoms with E-state index in [-0.39, 0.29) is 34.9 Å². The predicted molar refractivity (Wildman–Crippen MR) is 125 cm³/mol. The lowest BCUT2D eigenvalue weighted by molar-refractivity contribution is -0.122. The second-order valence-electron chi connectivity index (χ2n) is 7.27. The van der Waals surface area contributed by atoms with Crippen LogP contribution in [-0.4, -0.2) is 28.1 Å². The number of anilines is 2. The fourth-order valence-corrected chi connectivity index (χ4v) is 4.10. The zero-order chi connectivity index (χ0) is 24.0. The summed E-state index contributed by atoms with van der Waals surface area (Å²) in [6.07, 6.45) is 0.814. The van der Waals surface area contributed by atoms with Crippen LogP contribution in [0.5, 0.6) is 0 Å². The quantitative estimate of drug-likeness (QED) is 0.443. The topological polar surface area (TPSA) is 131 Å². The van der Waals surface area contributed by atoms with E-state index in [4.69, 9.17) is 11.5 Å². The van der Waals surface area contributed by atoms with Crippen molar-refractivity contribution in [2.24, 2.45) is 5.73 Å². The van der Waals surface area contributed by atoms with Crippen LogP contribution in [-0.2, 0) is 11.3 Å². The van der Waals surface area contributed by atoms with Gasteiger partial charge in [-0.1, -0.05) is 55.8 Å². The number of nitrogens with two attached hydrogens (primary N) is 2. The highest BCUT2D eigenvalue weighted by molar-refractivity contribution is 7.09. The van der Waals surface area contributed by atoms with Gasteiger partial charge < -0.3 is 16.8 Å². The highest BCUT2D eigenvalue weighted by Crippen LogP contribution is 2.30. The molecule has 0 unspecified atom stereocenters. The zero-order valence-corrected chi connectivity index (χ0v) is 18.8. The molecule has 0 saturated heterocycles. The second-order valence-corrected chi connectivity index (χ2v) is 8.05. The van der Waals surface area contributed by atoms with Crippen LogP contribution in [0.15, 0.2) is 54.6 Å². The van der Waals surface area contributed by atoms with Crippen molar-refractivity contribution in [2.45, 2.75) is 32.4 Å². The normalized spacial score (nSPS) is 11.6. The third-order valence-corrected chi connectivity index (χ3v) is 5.82. The minimum atomic E-state index is -1.03. The van der Waals surface area contributed by atoms with Gasteiger partial charge in [0.05, 0.1) is 11.4 Å². The molecule has 0 aliphatic rings. The van der Waals surface area contributed by atoms with Crippen LogP contribution < -0.4 is 21.7 Å². The van der Waals surface area contributed by atoms with Gasteiger partial charge in [0.1, 0.15) is 16.7 Å². The number of hydrogen-bond donors (Lipinski definition) is 3. The van der Waals surface area contributed by atoms with E-state index < -0.39 is 29.6 Å². The molecule has 172 valence electrons. The smallest absolute Gasteiger partial charge is 0.272 e. The Kier molecular flexibility index (Phi) is 7.73. The predicted octanol–water partition coefficient (Wildman–Crippen LogP) is 3.10. The Morgan fingerprint density at radius 3 is 2.39 bits per heavy atom. The lowest BCUT2D eigenvalue weighted by Gasteiger charge is -2.31. The zero-order valence-electron chi connectivity index (χ0n) is 18.0. The number of primary amides is 1. The molecule has 0 bridgehead atoms. The standard InChI is InChI=1S/C23H24FN5O3S/c1-2-8-17(22(31)27-13-14-9-4-3-5-10-14)29(16-12-7-6-11-15(16)24)23(32)20-18(25)19(21(26)30)28-33-20/h3-7,9-12,17H,2,8,13,25H2,1H3,(H2,26,30)(H,27,31)/t17-/m0/s1. The van der Waals surface area contributed by atoms with Crippen molar-refractivity contribution in [3.05, 3.63) is 76.5 Å². The molecule has 0 radical (unpaired) electrons. The van der Waals surface area contributed by atoms with Gasteiger partial charge in [-0.3, -0.25) is 19.3 Å². The monoisotopic (exact) mass is 469 g/mol. The number of halogens is 1. The van der Waals surface area contributed by atoms with E-state index in [0.29, 0.717) is 18.0 Å². The van der Waals surface area contributed by atoms with Gasteiger partial charge in [-0.25, -0.2) is 4.39 Å². The summed E-state index contributed by atoms with van der Waals surface area (Å²) < 4.78 is 18.7. The van der Waals surface area contributed by atoms with Crippen molar-refractivity contribution in [2.75, 3.05) is 10.6 Å². The average Bonchev–Trinajstić information content (AvgIpc) is 3.20. The number of carbonyl (C=O) groups excluding carboxylic acids is 3. The molecule has 0 aliphatic heterocycles. The number of para-hydroxylation sites is 1. The van der Waals surface area contributed by atoms with E-state index >= 15 is 0 Å². The fourth-order valence-electron chi connectivity index (χ4n) is 3.36. The van der Waals surface area contributed by atoms with Crippen molar-refractivity contribution < 1.29 is 18.8 Å². The number of aromatic nitrogens is 1. The molecule has 2 aromatic carbocycles. The SMILES string of the molecule is CCC[C@@H](C(=O)NCc1ccccc1)N(C(=O)c1snc(C(N)=O)c1N)c1ccccc1F. The van der Waals surface area contributed by atoms with E-state index in [1.807, 2.05) is 37.3 Å². The number of hydrogen-bond acceptors (Lipinski definition) is 6. The van der Waals surface area contributed by atoms with Gasteiger partial charge in [0.15, 0.2) is 5.69 Å². The Morgan fingerprint density at radius 2 is 1.79 bits per heavy atom. The first-order valence-electron chi connectivity index (χ1n) is 10.3. The molecule has 33 heavy (non-hydrogen) atoms. The molecule has 0 aliphatic carbocycles. The molecule has 1 aromatic heterocycles. The number of amides is 3. The van der Waals surface area contributed by atoms with E-state index in [1.165, 1.54) is 18.2 Å². The number of carbonyl (C=O) groups is 3. The maximum Gasteiger partial charge on any atom is 0.272 e. The van der Waals surface area contributed by atoms with Crippen LogP contribution in [0, 0.1) is 5.82 Å². The van der Waals surface area contributed by atoms with Crippen molar-refractivity contribution in [1.29, 1.82) is 0 Å². The highest BCUT2D eigenvalue weighted by atomic mass is 32.1. The largest absolute Gasteiger partial charge is 0.395 e. The maximum absolute atomic E-state index is 14.8. The molecular formula is C23H24FN5O3S. The number of nitrogens with one attached hydrogen (secondary N) is 1. The van der Waals surface area contributed by atoms with E-state index in [2.05, 4.69) is 9.69 Å². The Balaban J connectivity index is 2.01. The third-order valence-electron chi connectivity index (χ3n) is 4.97. The number of nitrogens with zero attached hydrogens (tertiary/aromatic N) is 2. The van der Waals surface area contributed by atoms with Crippen LogP contribution in [0.25, 0.3) is 0 Å². The molecule has 1 heterocycles. The van der Waals surface area contributed by atoms with Crippen LogP contribution in [0.3, 0.4) is 0 Å². The summed E-state index contributed by atoms with van der Waals surface area (Å²) in [6, 6.07) is 13.9. The van der Waals surface area contributed by atoms with Crippen molar-refractivity contribution in [3.8, 4) is 0 Å². The van der Waals surface area contributed by atoms with E-state index in [1.54, 1.807) is 6.07 Å². The average molecular weight is 470 g/mol. The Labute approximate surface area is 194 Å². The highest BCUT2D eigenvalue weighted by Gasteiger charge is 2.35. The Morgan fingerprint density at radius 1 is 1.12 bits per heavy atom. The summed E-state index contributed by atoms with van der Waals surface area (Å²) in [5.41, 5.74) is 11.6. The van der Waals surface area contributed by atoms with Gasteiger partial charge in [0.25, 0.3) is 11.8 Å². The summed E-state index contributed by atoms with van der Waals surface area (Å²) in [4.78, 5) is 39.3. The van der Waals surface area contributed by atoms with Gasteiger partial charge in [0, 0.05) is 6.54 Å². The molecule has 8 nitrogen and oxygen atoms in total. The van der Waals surface area contributed by atoms with Gasteiger partial charge in [-0.15, -0.1) is 0 Å². The summed E-state index contributed by atoms with van der Waals surface area (Å²) in [5.74, 6) is -2.75. The molecule has 0 spiro atoms. The number of benzene rings is 2. The van der Waals surface area contributed by atoms with Crippen LogP contribution in [0.2, 0.25) is 0 Å². The summed E-state index contributed by atoms with van der Waals surface area (Å²) >= 11 is 0.678. The van der Waals surface area contributed by atoms with Crippen molar-refractivity contribution in [1.82, 2.24) is 9.69 Å². The number of rotatable bonds is 9. The minimum absolute atomic E-state index is 0.0794. The summed E-state index contributed by atoms with van der Waals surface area (Å²) in [5, 5.41) is 2.83. The molecule has 3 amide bonds. The Hall–Kier alpha value is -3.79. The third kappa shape index (κ3) is 5.35. The van der Waals surface area contributed by atoms with E-state index in [9.17, 15) is 18.8 Å². The van der Waals surface area contributed by atoms with Gasteiger partial charge >= 0.3 is 0 Å². The van der Waals surface area contributed by atoms with Gasteiger partial charge in [-0.05, 0) is 35.6 Å².